The molecule has 250 valence electrons. The van der Waals surface area contributed by atoms with Gasteiger partial charge in [-0.2, -0.15) is 18.6 Å². The number of alkyl halides is 2. The first-order valence-corrected chi connectivity index (χ1v) is 15.8. The second-order valence-electron chi connectivity index (χ2n) is 11.1. The molecular weight excluding hydrogens is 650 g/mol. The molecule has 9 nitrogen and oxygen atoms in total. The highest BCUT2D eigenvalue weighted by Crippen LogP contribution is 2.37. The lowest BCUT2D eigenvalue weighted by atomic mass is 10.1. The maximum absolute atomic E-state index is 15.5. The predicted molar refractivity (Wildman–Crippen MR) is 183 cm³/mol. The summed E-state index contributed by atoms with van der Waals surface area (Å²) in [5.41, 5.74) is 3.56. The van der Waals surface area contributed by atoms with Crippen LogP contribution in [0.25, 0.3) is 17.1 Å². The van der Waals surface area contributed by atoms with Crippen LogP contribution >= 0.6 is 11.6 Å². The third kappa shape index (κ3) is 7.79. The van der Waals surface area contributed by atoms with Gasteiger partial charge in [-0.05, 0) is 78.2 Å². The first-order chi connectivity index (χ1) is 23.8. The molecule has 6 rings (SSSR count). The Bertz CT molecular complexity index is 2040. The zero-order valence-corrected chi connectivity index (χ0v) is 27.8. The van der Waals surface area contributed by atoms with Crippen molar-refractivity contribution in [3.05, 3.63) is 142 Å². The van der Waals surface area contributed by atoms with Crippen molar-refractivity contribution in [2.75, 3.05) is 14.2 Å². The predicted octanol–water partition coefficient (Wildman–Crippen LogP) is 8.08. The fraction of sp³-hybridized carbons (Fsp3) is 0.189. The van der Waals surface area contributed by atoms with E-state index >= 15 is 8.78 Å². The molecule has 0 amide bonds. The van der Waals surface area contributed by atoms with E-state index in [4.69, 9.17) is 30.9 Å². The molecule has 0 aliphatic carbocycles. The smallest absolute Gasteiger partial charge is 0.312 e. The van der Waals surface area contributed by atoms with Crippen molar-refractivity contribution in [1.29, 1.82) is 0 Å². The summed E-state index contributed by atoms with van der Waals surface area (Å²) in [6, 6.07) is 27.5. The molecule has 12 heteroatoms. The molecule has 3 aromatic heterocycles. The third-order valence-corrected chi connectivity index (χ3v) is 7.98. The number of nitrogens with zero attached hydrogens (tertiary/aromatic N) is 6. The van der Waals surface area contributed by atoms with Crippen LogP contribution in [-0.4, -0.2) is 44.0 Å². The van der Waals surface area contributed by atoms with E-state index in [1.165, 1.54) is 17.7 Å². The summed E-state index contributed by atoms with van der Waals surface area (Å²) < 4.78 is 50.8. The number of hydrogen-bond acceptors (Lipinski definition) is 7. The minimum atomic E-state index is -3.38. The summed E-state index contributed by atoms with van der Waals surface area (Å²) in [6.07, 6.45) is 4.15. The number of rotatable bonds is 13. The lowest BCUT2D eigenvalue weighted by molar-refractivity contribution is 0.0476. The van der Waals surface area contributed by atoms with Crippen LogP contribution in [0.15, 0.2) is 109 Å². The van der Waals surface area contributed by atoms with Crippen molar-refractivity contribution in [2.24, 2.45) is 0 Å². The fourth-order valence-corrected chi connectivity index (χ4v) is 5.39. The van der Waals surface area contributed by atoms with Gasteiger partial charge in [0.25, 0.3) is 0 Å². The minimum absolute atomic E-state index is 0.150. The van der Waals surface area contributed by atoms with E-state index < -0.39 is 11.6 Å². The zero-order chi connectivity index (χ0) is 34.4. The maximum atomic E-state index is 15.5. The van der Waals surface area contributed by atoms with Crippen LogP contribution in [0, 0.1) is 0 Å². The standard InChI is InChI=1S/C37H33ClF2N6O3/c1-4-18-37(39,40)36-35(45(44-42-36)23-26-7-13-31(47-2)14-8-26)28-17-19-41-33(21-28)46-34(49-24-27-9-15-32(48-3)16-10-27)22-30(43-46)20-25-5-11-29(38)12-6-25/h4-19,21-22H,20,23-24H2,1-3H3/b18-4+. The Morgan fingerprint density at radius 2 is 1.49 bits per heavy atom. The molecule has 6 aromatic rings. The van der Waals surface area contributed by atoms with Crippen molar-refractivity contribution < 1.29 is 23.0 Å². The molecular formula is C37H33ClF2N6O3. The van der Waals surface area contributed by atoms with Gasteiger partial charge in [-0.15, -0.1) is 5.10 Å². The van der Waals surface area contributed by atoms with Gasteiger partial charge in [-0.3, -0.25) is 0 Å². The quantitative estimate of drug-likeness (QED) is 0.114. The lowest BCUT2D eigenvalue weighted by Crippen LogP contribution is -2.13. The monoisotopic (exact) mass is 682 g/mol. The average molecular weight is 683 g/mol. The molecule has 0 unspecified atom stereocenters. The van der Waals surface area contributed by atoms with E-state index in [9.17, 15) is 0 Å². The molecule has 0 spiro atoms. The molecule has 0 aliphatic heterocycles. The number of hydrogen-bond donors (Lipinski definition) is 0. The van der Waals surface area contributed by atoms with Crippen molar-refractivity contribution in [2.45, 2.75) is 32.4 Å². The highest BCUT2D eigenvalue weighted by Gasteiger charge is 2.36. The van der Waals surface area contributed by atoms with Gasteiger partial charge in [0.15, 0.2) is 11.5 Å². The minimum Gasteiger partial charge on any atom is -0.497 e. The van der Waals surface area contributed by atoms with Crippen LogP contribution < -0.4 is 14.2 Å². The zero-order valence-electron chi connectivity index (χ0n) is 27.1. The molecule has 0 bridgehead atoms. The molecule has 0 fully saturated rings. The van der Waals surface area contributed by atoms with Crippen LogP contribution in [0.5, 0.6) is 17.4 Å². The normalized spacial score (nSPS) is 11.6. The molecule has 0 N–H and O–H groups in total. The van der Waals surface area contributed by atoms with Crippen LogP contribution in [0.1, 0.15) is 35.0 Å². The molecule has 0 radical (unpaired) electrons. The Hall–Kier alpha value is -5.55. The number of allylic oxidation sites excluding steroid dienone is 2. The highest BCUT2D eigenvalue weighted by atomic mass is 35.5. The van der Waals surface area contributed by atoms with E-state index in [0.717, 1.165) is 28.5 Å². The van der Waals surface area contributed by atoms with Gasteiger partial charge < -0.3 is 14.2 Å². The summed E-state index contributed by atoms with van der Waals surface area (Å²) in [5.74, 6) is -1.17. The van der Waals surface area contributed by atoms with E-state index in [2.05, 4.69) is 15.3 Å². The molecule has 49 heavy (non-hydrogen) atoms. The van der Waals surface area contributed by atoms with Crippen molar-refractivity contribution in [3.63, 3.8) is 0 Å². The summed E-state index contributed by atoms with van der Waals surface area (Å²) in [4.78, 5) is 4.57. The first-order valence-electron chi connectivity index (χ1n) is 15.4. The molecule has 0 saturated heterocycles. The largest absolute Gasteiger partial charge is 0.497 e. The number of ether oxygens (including phenoxy) is 3. The van der Waals surface area contributed by atoms with Gasteiger partial charge in [-0.25, -0.2) is 9.67 Å². The number of benzene rings is 3. The second kappa shape index (κ2) is 14.7. The van der Waals surface area contributed by atoms with Gasteiger partial charge >= 0.3 is 5.92 Å². The SMILES string of the molecule is C/C=C/C(F)(F)c1nnn(Cc2ccc(OC)cc2)c1-c1ccnc(-n2nc(Cc3ccc(Cl)cc3)cc2OCc2ccc(OC)cc2)c1. The van der Waals surface area contributed by atoms with Gasteiger partial charge in [0, 0.05) is 29.3 Å². The van der Waals surface area contributed by atoms with E-state index in [-0.39, 0.29) is 18.8 Å². The van der Waals surface area contributed by atoms with Gasteiger partial charge in [-0.1, -0.05) is 59.3 Å². The number of halogens is 3. The van der Waals surface area contributed by atoms with E-state index in [1.807, 2.05) is 66.7 Å². The Kier molecular flexibility index (Phi) is 10.0. The number of methoxy groups -OCH3 is 2. The first kappa shape index (κ1) is 33.4. The molecule has 0 atom stereocenters. The summed E-state index contributed by atoms with van der Waals surface area (Å²) in [5, 5.41) is 13.6. The Labute approximate surface area is 287 Å². The summed E-state index contributed by atoms with van der Waals surface area (Å²) in [7, 11) is 3.19. The van der Waals surface area contributed by atoms with Crippen LogP contribution in [0.4, 0.5) is 8.78 Å². The van der Waals surface area contributed by atoms with Crippen LogP contribution in [0.2, 0.25) is 5.02 Å². The fourth-order valence-electron chi connectivity index (χ4n) is 5.26. The topological polar surface area (TPSA) is 89.1 Å². The Morgan fingerprint density at radius 1 is 0.837 bits per heavy atom. The molecule has 3 aromatic carbocycles. The number of pyridine rings is 1. The Balaban J connectivity index is 1.40. The molecule has 3 heterocycles. The van der Waals surface area contributed by atoms with Crippen molar-refractivity contribution in [1.82, 2.24) is 29.8 Å². The number of aromatic nitrogens is 6. The summed E-state index contributed by atoms with van der Waals surface area (Å²) >= 11 is 6.10. The molecule has 0 saturated carbocycles. The van der Waals surface area contributed by atoms with Crippen LogP contribution in [0.3, 0.4) is 0 Å². The van der Waals surface area contributed by atoms with Gasteiger partial charge in [0.1, 0.15) is 18.1 Å². The van der Waals surface area contributed by atoms with E-state index in [0.29, 0.717) is 40.1 Å². The third-order valence-electron chi connectivity index (χ3n) is 7.73. The van der Waals surface area contributed by atoms with Gasteiger partial charge in [0.05, 0.1) is 32.2 Å². The van der Waals surface area contributed by atoms with Gasteiger partial charge in [0.2, 0.25) is 5.88 Å². The van der Waals surface area contributed by atoms with Crippen molar-refractivity contribution >= 4 is 11.6 Å². The lowest BCUT2D eigenvalue weighted by Gasteiger charge is -2.14. The maximum Gasteiger partial charge on any atom is 0.312 e. The van der Waals surface area contributed by atoms with Crippen molar-refractivity contribution in [3.8, 4) is 34.5 Å². The second-order valence-corrected chi connectivity index (χ2v) is 11.6. The summed E-state index contributed by atoms with van der Waals surface area (Å²) in [6.45, 7) is 1.97. The molecule has 0 aliphatic rings. The van der Waals surface area contributed by atoms with E-state index in [1.54, 1.807) is 49.4 Å². The van der Waals surface area contributed by atoms with Crippen LogP contribution in [-0.2, 0) is 25.5 Å². The highest BCUT2D eigenvalue weighted by molar-refractivity contribution is 6.30. The average Bonchev–Trinajstić information content (AvgIpc) is 3.73. The Morgan fingerprint density at radius 3 is 2.14 bits per heavy atom.